The van der Waals surface area contributed by atoms with E-state index in [0.29, 0.717) is 22.1 Å². The predicted octanol–water partition coefficient (Wildman–Crippen LogP) is 4.73. The zero-order chi connectivity index (χ0) is 15.1. The van der Waals surface area contributed by atoms with Crippen LogP contribution in [0, 0.1) is 26.6 Å². The summed E-state index contributed by atoms with van der Waals surface area (Å²) in [5.74, 6) is -0.216. The average Bonchev–Trinajstić information content (AvgIpc) is 2.78. The minimum absolute atomic E-state index is 0.162. The summed E-state index contributed by atoms with van der Waals surface area (Å²) in [6, 6.07) is 10.0. The maximum atomic E-state index is 13.3. The monoisotopic (exact) mass is 282 g/mol. The highest BCUT2D eigenvalue weighted by atomic mass is 19.1. The van der Waals surface area contributed by atoms with Gasteiger partial charge in [0.2, 0.25) is 5.78 Å². The summed E-state index contributed by atoms with van der Waals surface area (Å²) in [5.41, 5.74) is 3.75. The van der Waals surface area contributed by atoms with Crippen LogP contribution in [0.2, 0.25) is 0 Å². The predicted molar refractivity (Wildman–Crippen MR) is 80.3 cm³/mol. The molecule has 3 rings (SSSR count). The van der Waals surface area contributed by atoms with E-state index >= 15 is 0 Å². The number of hydrogen-bond acceptors (Lipinski definition) is 2. The molecule has 0 aliphatic rings. The first kappa shape index (κ1) is 13.6. The van der Waals surface area contributed by atoms with Crippen molar-refractivity contribution in [3.63, 3.8) is 0 Å². The fraction of sp³-hybridized carbons (Fsp3) is 0.167. The molecule has 0 atom stereocenters. The van der Waals surface area contributed by atoms with E-state index in [0.717, 1.165) is 11.1 Å². The summed E-state index contributed by atoms with van der Waals surface area (Å²) in [5, 5.41) is 0.642. The van der Waals surface area contributed by atoms with Crippen molar-refractivity contribution in [3.05, 3.63) is 70.2 Å². The molecule has 21 heavy (non-hydrogen) atoms. The molecule has 1 heterocycles. The number of hydrogen-bond donors (Lipinski definition) is 0. The summed E-state index contributed by atoms with van der Waals surface area (Å²) in [4.78, 5) is 12.7. The molecule has 0 aliphatic heterocycles. The van der Waals surface area contributed by atoms with Crippen molar-refractivity contribution in [2.45, 2.75) is 20.8 Å². The summed E-state index contributed by atoms with van der Waals surface area (Å²) < 4.78 is 19.0. The van der Waals surface area contributed by atoms with Crippen LogP contribution in [0.15, 0.2) is 40.8 Å². The molecule has 0 unspecified atom stereocenters. The lowest BCUT2D eigenvalue weighted by molar-refractivity contribution is 0.101. The third kappa shape index (κ3) is 2.25. The lowest BCUT2D eigenvalue weighted by Gasteiger charge is -2.05. The van der Waals surface area contributed by atoms with Gasteiger partial charge in [0.05, 0.1) is 0 Å². The average molecular weight is 282 g/mol. The lowest BCUT2D eigenvalue weighted by atomic mass is 9.99. The van der Waals surface area contributed by atoms with Crippen LogP contribution >= 0.6 is 0 Å². The SMILES string of the molecule is Cc1ccc(C)c(C(=O)c2oc3ccc(F)cc3c2C)c1. The Hall–Kier alpha value is -2.42. The van der Waals surface area contributed by atoms with Crippen molar-refractivity contribution in [3.8, 4) is 0 Å². The van der Waals surface area contributed by atoms with Crippen LogP contribution in [0.1, 0.15) is 32.8 Å². The number of benzene rings is 2. The largest absolute Gasteiger partial charge is 0.452 e. The molecule has 0 saturated carbocycles. The van der Waals surface area contributed by atoms with Crippen molar-refractivity contribution in [2.75, 3.05) is 0 Å². The summed E-state index contributed by atoms with van der Waals surface area (Å²) in [6.07, 6.45) is 0. The van der Waals surface area contributed by atoms with Gasteiger partial charge in [-0.2, -0.15) is 0 Å². The van der Waals surface area contributed by atoms with Gasteiger partial charge in [-0.25, -0.2) is 4.39 Å². The van der Waals surface area contributed by atoms with Gasteiger partial charge in [-0.15, -0.1) is 0 Å². The molecule has 2 aromatic carbocycles. The Bertz CT molecular complexity index is 859. The summed E-state index contributed by atoms with van der Waals surface area (Å²) >= 11 is 0. The number of furan rings is 1. The number of carbonyl (C=O) groups is 1. The molecule has 0 saturated heterocycles. The number of carbonyl (C=O) groups excluding carboxylic acids is 1. The van der Waals surface area contributed by atoms with Crippen LogP contribution in [-0.2, 0) is 0 Å². The fourth-order valence-electron chi connectivity index (χ4n) is 2.51. The van der Waals surface area contributed by atoms with Crippen LogP contribution in [0.4, 0.5) is 4.39 Å². The second-order valence-corrected chi connectivity index (χ2v) is 5.34. The number of ketones is 1. The van der Waals surface area contributed by atoms with Crippen molar-refractivity contribution in [1.82, 2.24) is 0 Å². The number of halogens is 1. The molecule has 0 amide bonds. The third-order valence-corrected chi connectivity index (χ3v) is 3.74. The molecule has 3 aromatic rings. The van der Waals surface area contributed by atoms with Crippen LogP contribution in [0.5, 0.6) is 0 Å². The Morgan fingerprint density at radius 2 is 1.81 bits per heavy atom. The van der Waals surface area contributed by atoms with Gasteiger partial charge < -0.3 is 4.42 Å². The van der Waals surface area contributed by atoms with Gasteiger partial charge >= 0.3 is 0 Å². The molecule has 0 radical (unpaired) electrons. The number of aryl methyl sites for hydroxylation is 3. The van der Waals surface area contributed by atoms with Crippen LogP contribution in [-0.4, -0.2) is 5.78 Å². The topological polar surface area (TPSA) is 30.2 Å². The Labute approximate surface area is 122 Å². The van der Waals surface area contributed by atoms with Crippen molar-refractivity contribution in [1.29, 1.82) is 0 Å². The molecule has 0 fully saturated rings. The highest BCUT2D eigenvalue weighted by molar-refractivity contribution is 6.11. The Kier molecular flexibility index (Phi) is 3.13. The summed E-state index contributed by atoms with van der Waals surface area (Å²) in [6.45, 7) is 5.62. The normalized spacial score (nSPS) is 11.0. The minimum Gasteiger partial charge on any atom is -0.452 e. The molecule has 1 aromatic heterocycles. The van der Waals surface area contributed by atoms with E-state index in [1.807, 2.05) is 32.0 Å². The van der Waals surface area contributed by atoms with E-state index in [2.05, 4.69) is 0 Å². The van der Waals surface area contributed by atoms with E-state index in [1.165, 1.54) is 12.1 Å². The first-order valence-electron chi connectivity index (χ1n) is 6.78. The van der Waals surface area contributed by atoms with E-state index < -0.39 is 0 Å². The van der Waals surface area contributed by atoms with Crippen molar-refractivity contribution < 1.29 is 13.6 Å². The first-order chi connectivity index (χ1) is 9.97. The second kappa shape index (κ2) is 4.85. The quantitative estimate of drug-likeness (QED) is 0.636. The number of rotatable bonds is 2. The molecule has 2 nitrogen and oxygen atoms in total. The molecule has 0 spiro atoms. The van der Waals surface area contributed by atoms with Gasteiger partial charge in [-0.1, -0.05) is 17.7 Å². The van der Waals surface area contributed by atoms with Gasteiger partial charge in [0.15, 0.2) is 5.76 Å². The highest BCUT2D eigenvalue weighted by Gasteiger charge is 2.21. The molecule has 0 bridgehead atoms. The van der Waals surface area contributed by atoms with Crippen LogP contribution in [0.3, 0.4) is 0 Å². The van der Waals surface area contributed by atoms with Crippen molar-refractivity contribution >= 4 is 16.8 Å². The summed E-state index contributed by atoms with van der Waals surface area (Å²) in [7, 11) is 0. The Balaban J connectivity index is 2.18. The third-order valence-electron chi connectivity index (χ3n) is 3.74. The molecule has 106 valence electrons. The molecular formula is C18H15FO2. The first-order valence-corrected chi connectivity index (χ1v) is 6.78. The van der Waals surface area contributed by atoms with E-state index in [1.54, 1.807) is 13.0 Å². The Morgan fingerprint density at radius 1 is 1.05 bits per heavy atom. The minimum atomic E-state index is -0.336. The van der Waals surface area contributed by atoms with Gasteiger partial charge in [0, 0.05) is 16.5 Å². The van der Waals surface area contributed by atoms with E-state index in [9.17, 15) is 9.18 Å². The fourth-order valence-corrected chi connectivity index (χ4v) is 2.51. The van der Waals surface area contributed by atoms with Gasteiger partial charge in [0.1, 0.15) is 11.4 Å². The lowest BCUT2D eigenvalue weighted by Crippen LogP contribution is -2.04. The molecular weight excluding hydrogens is 267 g/mol. The van der Waals surface area contributed by atoms with Crippen molar-refractivity contribution in [2.24, 2.45) is 0 Å². The van der Waals surface area contributed by atoms with E-state index in [4.69, 9.17) is 4.42 Å². The standard InChI is InChI=1S/C18H15FO2/c1-10-4-5-11(2)14(8-10)17(20)18-12(3)15-9-13(19)6-7-16(15)21-18/h4-9H,1-3H3. The molecule has 0 N–H and O–H groups in total. The molecule has 0 aliphatic carbocycles. The Morgan fingerprint density at radius 3 is 2.57 bits per heavy atom. The van der Waals surface area contributed by atoms with Gasteiger partial charge in [0.25, 0.3) is 0 Å². The maximum Gasteiger partial charge on any atom is 0.228 e. The maximum absolute atomic E-state index is 13.3. The van der Waals surface area contributed by atoms with Gasteiger partial charge in [-0.3, -0.25) is 4.79 Å². The van der Waals surface area contributed by atoms with E-state index in [-0.39, 0.29) is 17.4 Å². The zero-order valence-corrected chi connectivity index (χ0v) is 12.2. The zero-order valence-electron chi connectivity index (χ0n) is 12.2. The van der Waals surface area contributed by atoms with Crippen LogP contribution in [0.25, 0.3) is 11.0 Å². The number of fused-ring (bicyclic) bond motifs is 1. The van der Waals surface area contributed by atoms with Crippen LogP contribution < -0.4 is 0 Å². The smallest absolute Gasteiger partial charge is 0.228 e. The highest BCUT2D eigenvalue weighted by Crippen LogP contribution is 2.28. The molecule has 3 heteroatoms. The van der Waals surface area contributed by atoms with Gasteiger partial charge in [-0.05, 0) is 50.6 Å². The second-order valence-electron chi connectivity index (χ2n) is 5.34.